The minimum Gasteiger partial charge on any atom is -0.489 e. The molecule has 1 rings (SSSR count). The normalized spacial score (nSPS) is 13.9. The first kappa shape index (κ1) is 23.1. The number of sulfone groups is 1. The molecule has 1 atom stereocenters. The zero-order valence-electron chi connectivity index (χ0n) is 15.6. The van der Waals surface area contributed by atoms with Crippen LogP contribution in [0.5, 0.6) is 5.75 Å². The molecule has 0 aliphatic rings. The summed E-state index contributed by atoms with van der Waals surface area (Å²) in [4.78, 5) is 4.02. The van der Waals surface area contributed by atoms with Gasteiger partial charge in [-0.3, -0.25) is 4.99 Å². The Hall–Kier alpha value is -1.97. The highest BCUT2D eigenvalue weighted by atomic mass is 32.2. The first-order valence-corrected chi connectivity index (χ1v) is 10.6. The average molecular weight is 409 g/mol. The van der Waals surface area contributed by atoms with Crippen LogP contribution in [0.3, 0.4) is 0 Å². The lowest BCUT2D eigenvalue weighted by Crippen LogP contribution is -2.43. The van der Waals surface area contributed by atoms with Crippen LogP contribution in [0.4, 0.5) is 13.2 Å². The summed E-state index contributed by atoms with van der Waals surface area (Å²) in [5.41, 5.74) is -0.758. The first-order chi connectivity index (χ1) is 12.5. The van der Waals surface area contributed by atoms with Gasteiger partial charge in [0.05, 0.1) is 17.9 Å². The Morgan fingerprint density at radius 3 is 2.56 bits per heavy atom. The molecule has 0 amide bonds. The molecule has 0 radical (unpaired) electrons. The fourth-order valence-corrected chi connectivity index (χ4v) is 2.85. The van der Waals surface area contributed by atoms with Gasteiger partial charge in [-0.05, 0) is 31.0 Å². The highest BCUT2D eigenvalue weighted by Gasteiger charge is 2.30. The van der Waals surface area contributed by atoms with E-state index in [-0.39, 0.29) is 17.6 Å². The van der Waals surface area contributed by atoms with Gasteiger partial charge in [0, 0.05) is 19.8 Å². The van der Waals surface area contributed by atoms with E-state index in [2.05, 4.69) is 15.6 Å². The molecule has 10 heteroatoms. The Labute approximate surface area is 158 Å². The van der Waals surface area contributed by atoms with E-state index < -0.39 is 21.6 Å². The van der Waals surface area contributed by atoms with Crippen molar-refractivity contribution in [2.24, 2.45) is 4.99 Å². The summed E-state index contributed by atoms with van der Waals surface area (Å²) in [6, 6.07) is 4.76. The number of halogens is 3. The highest BCUT2D eigenvalue weighted by molar-refractivity contribution is 7.90. The fourth-order valence-electron chi connectivity index (χ4n) is 2.18. The number of hydrogen-bond donors (Lipinski definition) is 2. The molecule has 0 aliphatic carbocycles. The number of rotatable bonds is 9. The van der Waals surface area contributed by atoms with Gasteiger partial charge in [-0.25, -0.2) is 8.42 Å². The second-order valence-corrected chi connectivity index (χ2v) is 8.30. The quantitative estimate of drug-likeness (QED) is 0.372. The average Bonchev–Trinajstić information content (AvgIpc) is 2.58. The van der Waals surface area contributed by atoms with E-state index >= 15 is 0 Å². The number of benzene rings is 1. The first-order valence-electron chi connectivity index (χ1n) is 8.51. The van der Waals surface area contributed by atoms with E-state index in [1.165, 1.54) is 18.4 Å². The topological polar surface area (TPSA) is 79.8 Å². The predicted octanol–water partition coefficient (Wildman–Crippen LogP) is 2.46. The lowest BCUT2D eigenvalue weighted by molar-refractivity contribution is -0.137. The maximum Gasteiger partial charge on any atom is 0.416 e. The summed E-state index contributed by atoms with van der Waals surface area (Å²) in [6.45, 7) is 2.62. The van der Waals surface area contributed by atoms with Crippen LogP contribution in [0.15, 0.2) is 29.3 Å². The number of ether oxygens (including phenoxy) is 1. The van der Waals surface area contributed by atoms with Gasteiger partial charge >= 0.3 is 6.18 Å². The summed E-state index contributed by atoms with van der Waals surface area (Å²) >= 11 is 0. The summed E-state index contributed by atoms with van der Waals surface area (Å²) in [5.74, 6) is 0.692. The molecule has 0 saturated heterocycles. The zero-order chi connectivity index (χ0) is 20.5. The molecule has 27 heavy (non-hydrogen) atoms. The molecule has 0 saturated carbocycles. The number of alkyl halides is 3. The minimum atomic E-state index is -4.42. The fraction of sp³-hybridized carbons (Fsp3) is 0.588. The molecule has 0 bridgehead atoms. The highest BCUT2D eigenvalue weighted by Crippen LogP contribution is 2.31. The Morgan fingerprint density at radius 2 is 2.00 bits per heavy atom. The number of guanidine groups is 1. The van der Waals surface area contributed by atoms with Crippen molar-refractivity contribution in [3.63, 3.8) is 0 Å². The van der Waals surface area contributed by atoms with Crippen LogP contribution >= 0.6 is 0 Å². The van der Waals surface area contributed by atoms with E-state index in [4.69, 9.17) is 4.74 Å². The van der Waals surface area contributed by atoms with Crippen molar-refractivity contribution >= 4 is 15.8 Å². The molecule has 6 nitrogen and oxygen atoms in total. The second-order valence-electron chi connectivity index (χ2n) is 6.04. The maximum absolute atomic E-state index is 12.8. The number of nitrogens with one attached hydrogen (secondary N) is 2. The van der Waals surface area contributed by atoms with Gasteiger partial charge < -0.3 is 15.4 Å². The Morgan fingerprint density at radius 1 is 1.30 bits per heavy atom. The maximum atomic E-state index is 12.8. The van der Waals surface area contributed by atoms with E-state index in [0.29, 0.717) is 31.9 Å². The molecule has 154 valence electrons. The van der Waals surface area contributed by atoms with E-state index in [9.17, 15) is 21.6 Å². The molecule has 0 heterocycles. The SMILES string of the molecule is CCC(CNC(=NC)NCCCS(C)(=O)=O)Oc1cccc(C(F)(F)F)c1. The third kappa shape index (κ3) is 9.50. The van der Waals surface area contributed by atoms with Crippen LogP contribution < -0.4 is 15.4 Å². The largest absolute Gasteiger partial charge is 0.489 e. The summed E-state index contributed by atoms with van der Waals surface area (Å²) < 4.78 is 66.2. The molecular formula is C17H26F3N3O3S. The van der Waals surface area contributed by atoms with Crippen molar-refractivity contribution in [1.82, 2.24) is 10.6 Å². The summed E-state index contributed by atoms with van der Waals surface area (Å²) in [7, 11) is -1.44. The van der Waals surface area contributed by atoms with Crippen molar-refractivity contribution in [3.05, 3.63) is 29.8 Å². The van der Waals surface area contributed by atoms with E-state index in [0.717, 1.165) is 12.1 Å². The van der Waals surface area contributed by atoms with E-state index in [1.807, 2.05) is 6.92 Å². The van der Waals surface area contributed by atoms with Crippen molar-refractivity contribution < 1.29 is 26.3 Å². The van der Waals surface area contributed by atoms with Gasteiger partial charge in [0.15, 0.2) is 5.96 Å². The van der Waals surface area contributed by atoms with Gasteiger partial charge in [0.1, 0.15) is 21.7 Å². The van der Waals surface area contributed by atoms with Crippen molar-refractivity contribution in [2.75, 3.05) is 32.1 Å². The number of aliphatic imine (C=N–C) groups is 1. The Balaban J connectivity index is 2.53. The van der Waals surface area contributed by atoms with Crippen LogP contribution in [0.1, 0.15) is 25.3 Å². The van der Waals surface area contributed by atoms with Crippen molar-refractivity contribution in [2.45, 2.75) is 32.0 Å². The lowest BCUT2D eigenvalue weighted by atomic mass is 10.2. The molecule has 1 aromatic carbocycles. The van der Waals surface area contributed by atoms with Gasteiger partial charge in [-0.2, -0.15) is 13.2 Å². The third-order valence-electron chi connectivity index (χ3n) is 3.62. The third-order valence-corrected chi connectivity index (χ3v) is 4.65. The molecule has 0 aromatic heterocycles. The lowest BCUT2D eigenvalue weighted by Gasteiger charge is -2.20. The smallest absolute Gasteiger partial charge is 0.416 e. The van der Waals surface area contributed by atoms with E-state index in [1.54, 1.807) is 7.05 Å². The van der Waals surface area contributed by atoms with Crippen LogP contribution in [0.2, 0.25) is 0 Å². The monoisotopic (exact) mass is 409 g/mol. The minimum absolute atomic E-state index is 0.0766. The van der Waals surface area contributed by atoms with Crippen LogP contribution in [0.25, 0.3) is 0 Å². The van der Waals surface area contributed by atoms with Gasteiger partial charge in [-0.1, -0.05) is 13.0 Å². The molecule has 1 unspecified atom stereocenters. The molecule has 0 fully saturated rings. The Kier molecular flexibility index (Phi) is 8.87. The number of hydrogen-bond acceptors (Lipinski definition) is 4. The van der Waals surface area contributed by atoms with Crippen molar-refractivity contribution in [1.29, 1.82) is 0 Å². The molecular weight excluding hydrogens is 383 g/mol. The molecule has 1 aromatic rings. The molecule has 0 aliphatic heterocycles. The van der Waals surface area contributed by atoms with Gasteiger partial charge in [0.25, 0.3) is 0 Å². The second kappa shape index (κ2) is 10.4. The summed E-state index contributed by atoms with van der Waals surface area (Å²) in [6.07, 6.45) is -2.58. The summed E-state index contributed by atoms with van der Waals surface area (Å²) in [5, 5.41) is 6.01. The number of nitrogens with zero attached hydrogens (tertiary/aromatic N) is 1. The molecule has 0 spiro atoms. The predicted molar refractivity (Wildman–Crippen MR) is 99.8 cm³/mol. The van der Waals surface area contributed by atoms with Gasteiger partial charge in [-0.15, -0.1) is 0 Å². The van der Waals surface area contributed by atoms with Crippen LogP contribution in [-0.4, -0.2) is 52.6 Å². The molecule has 2 N–H and O–H groups in total. The van der Waals surface area contributed by atoms with Crippen molar-refractivity contribution in [3.8, 4) is 5.75 Å². The standard InChI is InChI=1S/C17H26F3N3O3S/c1-4-14(26-15-8-5-7-13(11-15)17(18,19)20)12-23-16(21-2)22-9-6-10-27(3,24)25/h5,7-8,11,14H,4,6,9-10,12H2,1-3H3,(H2,21,22,23). The Bertz CT molecular complexity index is 722. The van der Waals surface area contributed by atoms with Crippen LogP contribution in [0, 0.1) is 0 Å². The van der Waals surface area contributed by atoms with Gasteiger partial charge in [0.2, 0.25) is 0 Å². The zero-order valence-corrected chi connectivity index (χ0v) is 16.5. The van der Waals surface area contributed by atoms with Crippen LogP contribution in [-0.2, 0) is 16.0 Å².